The number of imidazole rings is 1. The Bertz CT molecular complexity index is 1550. The number of carboxylic acid groups (broad SMARTS) is 1. The molecule has 4 heterocycles. The number of benzene rings is 2. The van der Waals surface area contributed by atoms with Crippen molar-refractivity contribution in [3.63, 3.8) is 0 Å². The molecule has 0 radical (unpaired) electrons. The zero-order valence-corrected chi connectivity index (χ0v) is 23.9. The average molecular weight is 597 g/mol. The molecule has 9 nitrogen and oxygen atoms in total. The summed E-state index contributed by atoms with van der Waals surface area (Å²) in [5.74, 6) is 1.22. The smallest absolute Gasteiger partial charge is 0.335 e. The van der Waals surface area contributed by atoms with E-state index in [1.54, 1.807) is 42.6 Å². The van der Waals surface area contributed by atoms with Crippen LogP contribution in [0.4, 0.5) is 0 Å². The lowest BCUT2D eigenvalue weighted by molar-refractivity contribution is -0.0592. The first-order valence-electron chi connectivity index (χ1n) is 13.7. The Morgan fingerprint density at radius 3 is 2.63 bits per heavy atom. The second-order valence-corrected chi connectivity index (χ2v) is 11.2. The van der Waals surface area contributed by atoms with Crippen molar-refractivity contribution in [3.8, 4) is 11.5 Å². The van der Waals surface area contributed by atoms with Crippen molar-refractivity contribution < 1.29 is 24.1 Å². The van der Waals surface area contributed by atoms with E-state index in [2.05, 4.69) is 14.5 Å². The minimum Gasteiger partial charge on any atom is -0.488 e. The van der Waals surface area contributed by atoms with Crippen LogP contribution in [0.3, 0.4) is 0 Å². The maximum atomic E-state index is 11.6. The van der Waals surface area contributed by atoms with E-state index in [1.165, 1.54) is 0 Å². The van der Waals surface area contributed by atoms with Gasteiger partial charge in [-0.1, -0.05) is 23.2 Å². The highest BCUT2D eigenvalue weighted by Crippen LogP contribution is 2.30. The number of rotatable bonds is 10. The fraction of sp³-hybridized carbons (Fsp3) is 0.367. The zero-order valence-electron chi connectivity index (χ0n) is 22.3. The summed E-state index contributed by atoms with van der Waals surface area (Å²) < 4.78 is 20.1. The number of hydrogen-bond acceptors (Lipinski definition) is 7. The highest BCUT2D eigenvalue weighted by Gasteiger charge is 2.26. The number of piperidine rings is 1. The fourth-order valence-electron chi connectivity index (χ4n) is 5.20. The summed E-state index contributed by atoms with van der Waals surface area (Å²) in [5.41, 5.74) is 2.59. The molecule has 2 fully saturated rings. The van der Waals surface area contributed by atoms with Gasteiger partial charge in [-0.25, -0.2) is 9.78 Å². The minimum atomic E-state index is -0.944. The number of ether oxygens (including phenoxy) is 3. The topological polar surface area (TPSA) is 98.9 Å². The van der Waals surface area contributed by atoms with Gasteiger partial charge in [-0.15, -0.1) is 0 Å². The zero-order chi connectivity index (χ0) is 28.3. The Labute approximate surface area is 247 Å². The molecule has 0 amide bonds. The van der Waals surface area contributed by atoms with Crippen LogP contribution in [0.15, 0.2) is 54.7 Å². The van der Waals surface area contributed by atoms with Crippen LogP contribution in [0.2, 0.25) is 10.0 Å². The third-order valence-electron chi connectivity index (χ3n) is 7.55. The first kappa shape index (κ1) is 27.8. The van der Waals surface area contributed by atoms with E-state index in [0.29, 0.717) is 40.3 Å². The third-order valence-corrected chi connectivity index (χ3v) is 8.08. The van der Waals surface area contributed by atoms with Crippen molar-refractivity contribution in [2.45, 2.75) is 51.2 Å². The standard InChI is InChI=1S/C30H30Cl2N4O5/c31-20-4-6-27(23(32)15-20)40-18-25-28(2-1-10-33-25)41-21-7-11-35(12-8-21)17-29-34-24-5-3-19(30(37)38)14-26(24)36(29)16-22-9-13-39-22/h1-6,10,14-15,21-22H,7-9,11-13,16-18H2,(H,37,38)/t22-/m0/s1. The van der Waals surface area contributed by atoms with Gasteiger partial charge in [0.1, 0.15) is 35.7 Å². The first-order chi connectivity index (χ1) is 19.9. The molecule has 1 N–H and O–H groups in total. The molecule has 6 rings (SSSR count). The number of nitrogens with zero attached hydrogens (tertiary/aromatic N) is 4. The molecule has 1 atom stereocenters. The van der Waals surface area contributed by atoms with Crippen molar-refractivity contribution in [2.75, 3.05) is 19.7 Å². The Kier molecular flexibility index (Phi) is 8.30. The van der Waals surface area contributed by atoms with Gasteiger partial charge in [0.05, 0.1) is 40.8 Å². The number of hydrogen-bond donors (Lipinski definition) is 1. The molecule has 2 aliphatic rings. The lowest BCUT2D eigenvalue weighted by Gasteiger charge is -2.33. The molecule has 11 heteroatoms. The normalized spacial score (nSPS) is 17.9. The molecule has 0 aliphatic carbocycles. The van der Waals surface area contributed by atoms with Gasteiger partial charge in [-0.2, -0.15) is 0 Å². The summed E-state index contributed by atoms with van der Waals surface area (Å²) in [4.78, 5) is 23.3. The molecule has 0 spiro atoms. The van der Waals surface area contributed by atoms with Crippen molar-refractivity contribution in [1.29, 1.82) is 0 Å². The minimum absolute atomic E-state index is 0.0497. The van der Waals surface area contributed by atoms with Gasteiger partial charge in [-0.3, -0.25) is 9.88 Å². The number of aromatic nitrogens is 3. The van der Waals surface area contributed by atoms with E-state index in [0.717, 1.165) is 55.8 Å². The Morgan fingerprint density at radius 1 is 1.07 bits per heavy atom. The number of fused-ring (bicyclic) bond motifs is 1. The van der Waals surface area contributed by atoms with Crippen molar-refractivity contribution in [2.24, 2.45) is 0 Å². The van der Waals surface area contributed by atoms with Crippen LogP contribution < -0.4 is 9.47 Å². The molecule has 2 saturated heterocycles. The van der Waals surface area contributed by atoms with Gasteiger partial charge in [0.15, 0.2) is 0 Å². The quantitative estimate of drug-likeness (QED) is 0.243. The van der Waals surface area contributed by atoms with Crippen molar-refractivity contribution >= 4 is 40.2 Å². The Morgan fingerprint density at radius 2 is 1.90 bits per heavy atom. The van der Waals surface area contributed by atoms with E-state index in [4.69, 9.17) is 42.4 Å². The Balaban J connectivity index is 1.09. The number of carboxylic acids is 1. The van der Waals surface area contributed by atoms with Crippen LogP contribution >= 0.6 is 23.2 Å². The van der Waals surface area contributed by atoms with E-state index >= 15 is 0 Å². The molecule has 0 bridgehead atoms. The molecule has 2 aliphatic heterocycles. The highest BCUT2D eigenvalue weighted by molar-refractivity contribution is 6.35. The molecular weight excluding hydrogens is 567 g/mol. The molecule has 0 saturated carbocycles. The predicted octanol–water partition coefficient (Wildman–Crippen LogP) is 5.85. The molecule has 2 aromatic carbocycles. The second-order valence-electron chi connectivity index (χ2n) is 10.3. The van der Waals surface area contributed by atoms with Crippen LogP contribution in [0.1, 0.15) is 41.1 Å². The van der Waals surface area contributed by atoms with E-state index < -0.39 is 5.97 Å². The lowest BCUT2D eigenvalue weighted by Crippen LogP contribution is -2.39. The maximum absolute atomic E-state index is 11.6. The molecule has 214 valence electrons. The first-order valence-corrected chi connectivity index (χ1v) is 14.4. The number of aromatic carboxylic acids is 1. The average Bonchev–Trinajstić information content (AvgIpc) is 3.28. The predicted molar refractivity (Wildman–Crippen MR) is 155 cm³/mol. The van der Waals surface area contributed by atoms with Gasteiger partial charge < -0.3 is 23.9 Å². The van der Waals surface area contributed by atoms with E-state index in [-0.39, 0.29) is 24.4 Å². The van der Waals surface area contributed by atoms with Crippen LogP contribution in [-0.4, -0.2) is 62.4 Å². The van der Waals surface area contributed by atoms with Crippen LogP contribution in [0.25, 0.3) is 11.0 Å². The summed E-state index contributed by atoms with van der Waals surface area (Å²) in [6, 6.07) is 14.0. The van der Waals surface area contributed by atoms with Crippen molar-refractivity contribution in [3.05, 3.63) is 81.9 Å². The molecule has 41 heavy (non-hydrogen) atoms. The molecular formula is C30H30Cl2N4O5. The largest absolute Gasteiger partial charge is 0.488 e. The highest BCUT2D eigenvalue weighted by atomic mass is 35.5. The molecule has 2 aromatic heterocycles. The van der Waals surface area contributed by atoms with Crippen LogP contribution in [0.5, 0.6) is 11.5 Å². The second kappa shape index (κ2) is 12.2. The fourth-order valence-corrected chi connectivity index (χ4v) is 5.67. The van der Waals surface area contributed by atoms with Gasteiger partial charge in [0, 0.05) is 30.9 Å². The van der Waals surface area contributed by atoms with Crippen LogP contribution in [-0.2, 0) is 24.4 Å². The van der Waals surface area contributed by atoms with E-state index in [1.807, 2.05) is 12.1 Å². The third kappa shape index (κ3) is 6.43. The number of halogens is 2. The van der Waals surface area contributed by atoms with Gasteiger partial charge in [0.25, 0.3) is 0 Å². The van der Waals surface area contributed by atoms with Crippen LogP contribution in [0, 0.1) is 0 Å². The summed E-state index contributed by atoms with van der Waals surface area (Å²) in [7, 11) is 0. The number of carbonyl (C=O) groups is 1. The number of pyridine rings is 1. The SMILES string of the molecule is O=C(O)c1ccc2nc(CN3CCC(Oc4cccnc4COc4ccc(Cl)cc4Cl)CC3)n(C[C@@H]3CCO3)c2c1. The molecule has 0 unspecified atom stereocenters. The summed E-state index contributed by atoms with van der Waals surface area (Å²) >= 11 is 12.2. The lowest BCUT2D eigenvalue weighted by atomic mass is 10.1. The van der Waals surface area contributed by atoms with Gasteiger partial charge in [-0.05, 0) is 67.8 Å². The van der Waals surface area contributed by atoms with Crippen molar-refractivity contribution in [1.82, 2.24) is 19.4 Å². The summed E-state index contributed by atoms with van der Waals surface area (Å²) in [6.45, 7) is 4.02. The summed E-state index contributed by atoms with van der Waals surface area (Å²) in [6.07, 6.45) is 4.60. The Hall–Kier alpha value is -3.37. The monoisotopic (exact) mass is 596 g/mol. The number of likely N-dealkylation sites (tertiary alicyclic amines) is 1. The van der Waals surface area contributed by atoms with E-state index in [9.17, 15) is 9.90 Å². The van der Waals surface area contributed by atoms with Gasteiger partial charge >= 0.3 is 5.97 Å². The maximum Gasteiger partial charge on any atom is 0.335 e. The van der Waals surface area contributed by atoms with Gasteiger partial charge in [0.2, 0.25) is 0 Å². The molecule has 4 aromatic rings. The summed E-state index contributed by atoms with van der Waals surface area (Å²) in [5, 5.41) is 10.5.